The largest absolute Gasteiger partial charge is 0.488 e. The van der Waals surface area contributed by atoms with Crippen molar-refractivity contribution in [3.05, 3.63) is 59.2 Å². The molecule has 0 amide bonds. The SMILES string of the molecule is COC(=O)c1cc(CCc2cc(OC(C)(C)C)c3ccc(F)cc3c2)n(C)n1. The van der Waals surface area contributed by atoms with E-state index in [1.807, 2.05) is 32.9 Å². The number of ether oxygens (including phenoxy) is 2. The summed E-state index contributed by atoms with van der Waals surface area (Å²) >= 11 is 0. The van der Waals surface area contributed by atoms with Gasteiger partial charge in [0.25, 0.3) is 0 Å². The number of hydrogen-bond acceptors (Lipinski definition) is 4. The molecule has 1 aromatic heterocycles. The molecule has 2 aromatic carbocycles. The predicted octanol–water partition coefficient (Wildman–Crippen LogP) is 4.46. The van der Waals surface area contributed by atoms with E-state index in [-0.39, 0.29) is 17.1 Å². The van der Waals surface area contributed by atoms with E-state index >= 15 is 0 Å². The second-order valence-electron chi connectivity index (χ2n) is 7.81. The Balaban J connectivity index is 1.91. The zero-order chi connectivity index (χ0) is 20.5. The number of methoxy groups -OCH3 is 1. The number of hydrogen-bond donors (Lipinski definition) is 0. The number of aromatic nitrogens is 2. The first kappa shape index (κ1) is 19.9. The van der Waals surface area contributed by atoms with E-state index in [1.54, 1.807) is 23.9 Å². The van der Waals surface area contributed by atoms with Crippen LogP contribution in [-0.2, 0) is 24.6 Å². The monoisotopic (exact) mass is 384 g/mol. The molecule has 0 radical (unpaired) electrons. The number of aryl methyl sites for hydroxylation is 3. The third kappa shape index (κ3) is 4.50. The number of carbonyl (C=O) groups excluding carboxylic acids is 1. The molecule has 28 heavy (non-hydrogen) atoms. The molecule has 6 heteroatoms. The molecule has 0 bridgehead atoms. The number of benzene rings is 2. The van der Waals surface area contributed by atoms with Crippen molar-refractivity contribution >= 4 is 16.7 Å². The highest BCUT2D eigenvalue weighted by atomic mass is 19.1. The molecule has 3 rings (SSSR count). The van der Waals surface area contributed by atoms with Gasteiger partial charge >= 0.3 is 5.97 Å². The zero-order valence-electron chi connectivity index (χ0n) is 16.9. The van der Waals surface area contributed by atoms with Crippen molar-refractivity contribution in [2.24, 2.45) is 7.05 Å². The minimum absolute atomic E-state index is 0.277. The van der Waals surface area contributed by atoms with Gasteiger partial charge in [-0.1, -0.05) is 6.07 Å². The van der Waals surface area contributed by atoms with Crippen molar-refractivity contribution in [1.29, 1.82) is 0 Å². The van der Waals surface area contributed by atoms with Crippen LogP contribution >= 0.6 is 0 Å². The molecule has 0 N–H and O–H groups in total. The van der Waals surface area contributed by atoms with Crippen molar-refractivity contribution < 1.29 is 18.7 Å². The minimum Gasteiger partial charge on any atom is -0.488 e. The number of esters is 1. The summed E-state index contributed by atoms with van der Waals surface area (Å²) < 4.78 is 26.3. The summed E-state index contributed by atoms with van der Waals surface area (Å²) in [6.45, 7) is 5.96. The van der Waals surface area contributed by atoms with Crippen molar-refractivity contribution in [2.75, 3.05) is 7.11 Å². The van der Waals surface area contributed by atoms with E-state index in [4.69, 9.17) is 9.47 Å². The molecule has 0 saturated carbocycles. The van der Waals surface area contributed by atoms with E-state index in [2.05, 4.69) is 5.10 Å². The van der Waals surface area contributed by atoms with Gasteiger partial charge in [0.05, 0.1) is 7.11 Å². The van der Waals surface area contributed by atoms with Gasteiger partial charge in [0, 0.05) is 18.1 Å². The zero-order valence-corrected chi connectivity index (χ0v) is 16.9. The van der Waals surface area contributed by atoms with Gasteiger partial charge in [-0.25, -0.2) is 9.18 Å². The van der Waals surface area contributed by atoms with Crippen molar-refractivity contribution in [3.63, 3.8) is 0 Å². The fourth-order valence-corrected chi connectivity index (χ4v) is 3.14. The average Bonchev–Trinajstić information content (AvgIpc) is 2.98. The number of halogens is 1. The van der Waals surface area contributed by atoms with Crippen LogP contribution in [0.2, 0.25) is 0 Å². The van der Waals surface area contributed by atoms with Crippen molar-refractivity contribution in [3.8, 4) is 5.75 Å². The third-order valence-electron chi connectivity index (χ3n) is 4.39. The molecular formula is C22H25FN2O3. The van der Waals surface area contributed by atoms with Crippen LogP contribution in [0.1, 0.15) is 42.5 Å². The topological polar surface area (TPSA) is 53.4 Å². The molecule has 0 aliphatic carbocycles. The second-order valence-corrected chi connectivity index (χ2v) is 7.81. The average molecular weight is 384 g/mol. The van der Waals surface area contributed by atoms with Gasteiger partial charge < -0.3 is 9.47 Å². The van der Waals surface area contributed by atoms with E-state index in [0.717, 1.165) is 27.8 Å². The van der Waals surface area contributed by atoms with Crippen LogP contribution in [-0.4, -0.2) is 28.5 Å². The van der Waals surface area contributed by atoms with Crippen LogP contribution < -0.4 is 4.74 Å². The molecule has 5 nitrogen and oxygen atoms in total. The standard InChI is InChI=1S/C22H25FN2O3/c1-22(2,3)28-20-11-14(10-15-12-16(23)7-9-18(15)20)6-8-17-13-19(21(26)27-5)24-25(17)4/h7,9-13H,6,8H2,1-5H3. The number of carbonyl (C=O) groups is 1. The number of nitrogens with zero attached hydrogens (tertiary/aromatic N) is 2. The van der Waals surface area contributed by atoms with E-state index in [1.165, 1.54) is 19.2 Å². The van der Waals surface area contributed by atoms with Gasteiger partial charge in [-0.05, 0) is 74.9 Å². The van der Waals surface area contributed by atoms with Crippen LogP contribution in [0.5, 0.6) is 5.75 Å². The first-order chi connectivity index (χ1) is 13.2. The molecule has 0 aliphatic heterocycles. The Morgan fingerprint density at radius 2 is 1.89 bits per heavy atom. The maximum Gasteiger partial charge on any atom is 0.358 e. The molecule has 0 aliphatic rings. The Labute approximate surface area is 164 Å². The predicted molar refractivity (Wildman–Crippen MR) is 106 cm³/mol. The van der Waals surface area contributed by atoms with E-state index in [9.17, 15) is 9.18 Å². The molecule has 0 atom stereocenters. The van der Waals surface area contributed by atoms with Gasteiger partial charge in [0.2, 0.25) is 0 Å². The van der Waals surface area contributed by atoms with Crippen LogP contribution in [0.3, 0.4) is 0 Å². The normalized spacial score (nSPS) is 11.6. The highest BCUT2D eigenvalue weighted by molar-refractivity contribution is 5.89. The molecule has 0 unspecified atom stereocenters. The van der Waals surface area contributed by atoms with Crippen LogP contribution in [0.4, 0.5) is 4.39 Å². The van der Waals surface area contributed by atoms with E-state index < -0.39 is 5.97 Å². The molecule has 0 spiro atoms. The Kier molecular flexibility index (Phi) is 5.40. The quantitative estimate of drug-likeness (QED) is 0.610. The number of fused-ring (bicyclic) bond motifs is 1. The fraction of sp³-hybridized carbons (Fsp3) is 0.364. The van der Waals surface area contributed by atoms with Gasteiger partial charge in [-0.3, -0.25) is 4.68 Å². The summed E-state index contributed by atoms with van der Waals surface area (Å²) in [6, 6.07) is 10.4. The molecular weight excluding hydrogens is 359 g/mol. The summed E-state index contributed by atoms with van der Waals surface area (Å²) in [5.41, 5.74) is 1.87. The Bertz CT molecular complexity index is 1020. The van der Waals surface area contributed by atoms with Crippen LogP contribution in [0.25, 0.3) is 10.8 Å². The minimum atomic E-state index is -0.455. The maximum absolute atomic E-state index is 13.8. The van der Waals surface area contributed by atoms with Crippen molar-refractivity contribution in [1.82, 2.24) is 9.78 Å². The molecule has 3 aromatic rings. The Morgan fingerprint density at radius 1 is 1.14 bits per heavy atom. The maximum atomic E-state index is 13.8. The fourth-order valence-electron chi connectivity index (χ4n) is 3.14. The Hall–Kier alpha value is -2.89. The lowest BCUT2D eigenvalue weighted by Gasteiger charge is -2.23. The first-order valence-corrected chi connectivity index (χ1v) is 9.19. The summed E-state index contributed by atoms with van der Waals surface area (Å²) in [5, 5.41) is 5.87. The second kappa shape index (κ2) is 7.62. The summed E-state index contributed by atoms with van der Waals surface area (Å²) in [7, 11) is 3.13. The lowest BCUT2D eigenvalue weighted by atomic mass is 10.0. The number of rotatable bonds is 5. The van der Waals surface area contributed by atoms with Gasteiger partial charge in [-0.2, -0.15) is 5.10 Å². The van der Waals surface area contributed by atoms with Crippen molar-refractivity contribution in [2.45, 2.75) is 39.2 Å². The smallest absolute Gasteiger partial charge is 0.358 e. The van der Waals surface area contributed by atoms with Gasteiger partial charge in [0.15, 0.2) is 5.69 Å². The lowest BCUT2D eigenvalue weighted by molar-refractivity contribution is 0.0593. The highest BCUT2D eigenvalue weighted by Crippen LogP contribution is 2.31. The van der Waals surface area contributed by atoms with E-state index in [0.29, 0.717) is 12.8 Å². The molecule has 148 valence electrons. The molecule has 0 fully saturated rings. The van der Waals surface area contributed by atoms with Gasteiger partial charge in [0.1, 0.15) is 17.2 Å². The molecule has 0 saturated heterocycles. The van der Waals surface area contributed by atoms with Crippen LogP contribution in [0, 0.1) is 5.82 Å². The summed E-state index contributed by atoms with van der Waals surface area (Å²) in [4.78, 5) is 11.7. The third-order valence-corrected chi connectivity index (χ3v) is 4.39. The molecule has 1 heterocycles. The van der Waals surface area contributed by atoms with Gasteiger partial charge in [-0.15, -0.1) is 0 Å². The summed E-state index contributed by atoms with van der Waals surface area (Å²) in [6.07, 6.45) is 1.38. The first-order valence-electron chi connectivity index (χ1n) is 9.19. The Morgan fingerprint density at radius 3 is 2.57 bits per heavy atom. The van der Waals surface area contributed by atoms with Crippen LogP contribution in [0.15, 0.2) is 36.4 Å². The highest BCUT2D eigenvalue weighted by Gasteiger charge is 2.16. The summed E-state index contributed by atoms with van der Waals surface area (Å²) in [5.74, 6) is 0.00450. The lowest BCUT2D eigenvalue weighted by Crippen LogP contribution is -2.23.